The van der Waals surface area contributed by atoms with Crippen LogP contribution >= 0.6 is 0 Å². The van der Waals surface area contributed by atoms with Gasteiger partial charge in [0, 0.05) is 37.7 Å². The van der Waals surface area contributed by atoms with Crippen LogP contribution in [0.15, 0.2) is 36.4 Å². The van der Waals surface area contributed by atoms with Crippen molar-refractivity contribution in [3.05, 3.63) is 70.5 Å². The summed E-state index contributed by atoms with van der Waals surface area (Å²) >= 11 is 0. The highest BCUT2D eigenvalue weighted by molar-refractivity contribution is 7.90. The summed E-state index contributed by atoms with van der Waals surface area (Å²) in [5.41, 5.74) is 1.65. The Hall–Kier alpha value is -2.64. The third-order valence-electron chi connectivity index (χ3n) is 5.50. The van der Waals surface area contributed by atoms with Crippen LogP contribution in [-0.4, -0.2) is 43.4 Å². The van der Waals surface area contributed by atoms with E-state index in [9.17, 15) is 39.6 Å². The molecule has 0 aromatic heterocycles. The Balaban J connectivity index is 1.75. The minimum atomic E-state index is -5.62. The number of hydrogen-bond acceptors (Lipinski definition) is 4. The lowest BCUT2D eigenvalue weighted by atomic mass is 9.93. The minimum Gasteiger partial charge on any atom is -0.334 e. The number of rotatable bonds is 7. The molecular weight excluding hydrogens is 488 g/mol. The van der Waals surface area contributed by atoms with Crippen LogP contribution in [0.4, 0.5) is 26.3 Å². The van der Waals surface area contributed by atoms with Gasteiger partial charge in [0.1, 0.15) is 5.82 Å². The summed E-state index contributed by atoms with van der Waals surface area (Å²) in [6, 6.07) is 5.92. The second-order valence-electron chi connectivity index (χ2n) is 7.97. The van der Waals surface area contributed by atoms with Crippen LogP contribution in [0.2, 0.25) is 0 Å². The van der Waals surface area contributed by atoms with Crippen molar-refractivity contribution in [2.45, 2.75) is 43.4 Å². The molecular formula is C21H21F6N3O3S. The van der Waals surface area contributed by atoms with E-state index in [0.29, 0.717) is 12.1 Å². The zero-order valence-electron chi connectivity index (χ0n) is 17.6. The van der Waals surface area contributed by atoms with E-state index in [1.165, 1.54) is 9.62 Å². The molecule has 0 bridgehead atoms. The molecule has 1 aliphatic heterocycles. The van der Waals surface area contributed by atoms with Gasteiger partial charge in [-0.05, 0) is 35.6 Å². The van der Waals surface area contributed by atoms with Crippen LogP contribution in [0.1, 0.15) is 23.1 Å². The van der Waals surface area contributed by atoms with Crippen LogP contribution in [0.5, 0.6) is 0 Å². The lowest BCUT2D eigenvalue weighted by Gasteiger charge is -2.37. The lowest BCUT2D eigenvalue weighted by molar-refractivity contribution is -0.135. The molecule has 0 aliphatic carbocycles. The molecule has 1 aliphatic rings. The highest BCUT2D eigenvalue weighted by atomic mass is 32.2. The van der Waals surface area contributed by atoms with Crippen molar-refractivity contribution < 1.29 is 39.6 Å². The summed E-state index contributed by atoms with van der Waals surface area (Å²) in [4.78, 5) is 14.2. The molecule has 0 saturated heterocycles. The maximum Gasteiger partial charge on any atom is 0.511 e. The number of halogens is 6. The number of sulfonamides is 1. The van der Waals surface area contributed by atoms with Gasteiger partial charge in [-0.1, -0.05) is 24.3 Å². The maximum absolute atomic E-state index is 13.9. The summed E-state index contributed by atoms with van der Waals surface area (Å²) in [6.07, 6.45) is -0.594. The summed E-state index contributed by atoms with van der Waals surface area (Å²) in [7, 11) is -5.62. The van der Waals surface area contributed by atoms with Crippen LogP contribution in [0.25, 0.3) is 0 Å². The van der Waals surface area contributed by atoms with Gasteiger partial charge < -0.3 is 10.6 Å². The van der Waals surface area contributed by atoms with Gasteiger partial charge in [0.05, 0.1) is 0 Å². The van der Waals surface area contributed by atoms with Crippen LogP contribution in [-0.2, 0) is 34.2 Å². The van der Waals surface area contributed by atoms with E-state index in [1.54, 1.807) is 24.3 Å². The van der Waals surface area contributed by atoms with E-state index in [-0.39, 0.29) is 31.4 Å². The number of hydrogen-bond donors (Lipinski definition) is 2. The molecule has 2 aromatic carbocycles. The Kier molecular flexibility index (Phi) is 7.58. The first kappa shape index (κ1) is 26.0. The number of nitrogens with two attached hydrogens (primary N) is 1. The molecule has 3 rings (SSSR count). The first-order valence-electron chi connectivity index (χ1n) is 10.1. The van der Waals surface area contributed by atoms with Gasteiger partial charge in [-0.15, -0.1) is 0 Å². The Bertz CT molecular complexity index is 1170. The summed E-state index contributed by atoms with van der Waals surface area (Å²) in [5.74, 6) is -4.30. The van der Waals surface area contributed by atoms with E-state index in [2.05, 4.69) is 0 Å². The fourth-order valence-electron chi connectivity index (χ4n) is 3.77. The largest absolute Gasteiger partial charge is 0.511 e. The van der Waals surface area contributed by atoms with Gasteiger partial charge >= 0.3 is 15.5 Å². The molecule has 186 valence electrons. The van der Waals surface area contributed by atoms with Gasteiger partial charge in [0.25, 0.3) is 0 Å². The molecule has 1 heterocycles. The van der Waals surface area contributed by atoms with Crippen LogP contribution in [0, 0.1) is 17.5 Å². The van der Waals surface area contributed by atoms with Gasteiger partial charge in [-0.3, -0.25) is 4.79 Å². The summed E-state index contributed by atoms with van der Waals surface area (Å²) < 4.78 is 103. The Labute approximate surface area is 191 Å². The highest BCUT2D eigenvalue weighted by Crippen LogP contribution is 2.26. The fraction of sp³-hybridized carbons (Fsp3) is 0.381. The third-order valence-corrected chi connectivity index (χ3v) is 6.65. The quantitative estimate of drug-likeness (QED) is 0.444. The second-order valence-corrected chi connectivity index (χ2v) is 9.73. The average Bonchev–Trinajstić information content (AvgIpc) is 2.74. The number of fused-ring (bicyclic) bond motifs is 1. The van der Waals surface area contributed by atoms with Crippen LogP contribution in [0.3, 0.4) is 0 Å². The lowest BCUT2D eigenvalue weighted by Crippen LogP contribution is -2.52. The topological polar surface area (TPSA) is 92.5 Å². The molecule has 13 heteroatoms. The number of amides is 1. The van der Waals surface area contributed by atoms with E-state index in [1.807, 2.05) is 0 Å². The summed E-state index contributed by atoms with van der Waals surface area (Å²) in [5, 5.41) is 0. The molecule has 34 heavy (non-hydrogen) atoms. The number of carbonyl (C=O) groups is 1. The maximum atomic E-state index is 13.9. The van der Waals surface area contributed by atoms with E-state index >= 15 is 0 Å². The van der Waals surface area contributed by atoms with Gasteiger partial charge in [-0.2, -0.15) is 13.2 Å². The van der Waals surface area contributed by atoms with Crippen LogP contribution < -0.4 is 10.5 Å². The van der Waals surface area contributed by atoms with Crippen molar-refractivity contribution in [3.63, 3.8) is 0 Å². The molecule has 0 radical (unpaired) electrons. The van der Waals surface area contributed by atoms with Crippen molar-refractivity contribution in [2.75, 3.05) is 6.54 Å². The molecule has 0 saturated carbocycles. The number of nitrogens with zero attached hydrogens (tertiary/aromatic N) is 1. The Morgan fingerprint density at radius 1 is 1.09 bits per heavy atom. The third kappa shape index (κ3) is 5.88. The van der Waals surface area contributed by atoms with Crippen molar-refractivity contribution in [1.29, 1.82) is 0 Å². The molecule has 0 unspecified atom stereocenters. The number of nitrogens with one attached hydrogen (secondary N) is 1. The van der Waals surface area contributed by atoms with E-state index in [0.717, 1.165) is 11.1 Å². The first-order chi connectivity index (χ1) is 15.8. The van der Waals surface area contributed by atoms with Gasteiger partial charge in [0.2, 0.25) is 5.91 Å². The molecule has 0 fully saturated rings. The fourth-order valence-corrected chi connectivity index (χ4v) is 4.34. The Morgan fingerprint density at radius 3 is 2.35 bits per heavy atom. The predicted octanol–water partition coefficient (Wildman–Crippen LogP) is 2.76. The Morgan fingerprint density at radius 2 is 1.71 bits per heavy atom. The number of benzene rings is 2. The molecule has 1 amide bonds. The molecule has 2 atom stereocenters. The predicted molar refractivity (Wildman–Crippen MR) is 110 cm³/mol. The first-order valence-corrected chi connectivity index (χ1v) is 11.6. The van der Waals surface area contributed by atoms with Crippen molar-refractivity contribution in [1.82, 2.24) is 9.62 Å². The van der Waals surface area contributed by atoms with Crippen molar-refractivity contribution in [2.24, 2.45) is 5.73 Å². The second kappa shape index (κ2) is 9.92. The highest BCUT2D eigenvalue weighted by Gasteiger charge is 2.46. The minimum absolute atomic E-state index is 0.000321. The number of alkyl halides is 3. The van der Waals surface area contributed by atoms with Crippen molar-refractivity contribution in [3.8, 4) is 0 Å². The molecule has 2 aromatic rings. The van der Waals surface area contributed by atoms with E-state index < -0.39 is 57.5 Å². The monoisotopic (exact) mass is 509 g/mol. The average molecular weight is 509 g/mol. The van der Waals surface area contributed by atoms with Gasteiger partial charge in [0.15, 0.2) is 11.6 Å². The zero-order chi connectivity index (χ0) is 25.3. The standard InChI is InChI=1S/C21H21F6N3O3S/c22-17-9-19(24)18(23)7-14(17)5-15(28)8-20(31)30-11-13-4-2-1-3-12(13)6-16(30)10-29-34(32,33)21(25,26)27/h1-4,7,9,15-16,29H,5-6,8,10-11,28H2/t15-,16+/m1/s1. The van der Waals surface area contributed by atoms with Crippen molar-refractivity contribution >= 4 is 15.9 Å². The molecule has 0 spiro atoms. The van der Waals surface area contributed by atoms with Gasteiger partial charge in [-0.25, -0.2) is 26.3 Å². The number of carbonyl (C=O) groups excluding carboxylic acids is 1. The van der Waals surface area contributed by atoms with E-state index in [4.69, 9.17) is 5.73 Å². The smallest absolute Gasteiger partial charge is 0.334 e. The SMILES string of the molecule is N[C@@H](CC(=O)N1Cc2ccccc2C[C@H]1CNS(=O)(=O)C(F)(F)F)Cc1cc(F)c(F)cc1F. The summed E-state index contributed by atoms with van der Waals surface area (Å²) in [6.45, 7) is -0.686. The zero-order valence-corrected chi connectivity index (χ0v) is 18.4. The molecule has 3 N–H and O–H groups in total. The normalized spacial score (nSPS) is 17.4. The molecule has 6 nitrogen and oxygen atoms in total.